The van der Waals surface area contributed by atoms with Gasteiger partial charge in [0.15, 0.2) is 23.1 Å². The molecule has 0 spiro atoms. The Balaban J connectivity index is 1.35. The van der Waals surface area contributed by atoms with E-state index in [1.54, 1.807) is 6.07 Å². The quantitative estimate of drug-likeness (QED) is 0.768. The van der Waals surface area contributed by atoms with Gasteiger partial charge in [-0.25, -0.2) is 4.39 Å². The fourth-order valence-corrected chi connectivity index (χ4v) is 3.71. The van der Waals surface area contributed by atoms with Crippen LogP contribution in [0.4, 0.5) is 4.39 Å². The van der Waals surface area contributed by atoms with E-state index in [0.29, 0.717) is 43.4 Å². The second-order valence-electron chi connectivity index (χ2n) is 6.85. The number of ketones is 1. The number of rotatable bonds is 5. The highest BCUT2D eigenvalue weighted by atomic mass is 19.1. The summed E-state index contributed by atoms with van der Waals surface area (Å²) in [5.41, 5.74) is 1.71. The molecule has 0 saturated carbocycles. The first-order valence-electron chi connectivity index (χ1n) is 9.10. The number of ether oxygens (including phenoxy) is 2. The highest BCUT2D eigenvalue weighted by Gasteiger charge is 2.25. The van der Waals surface area contributed by atoms with Crippen LogP contribution in [0.25, 0.3) is 0 Å². The number of benzene rings is 2. The van der Waals surface area contributed by atoms with Gasteiger partial charge in [-0.15, -0.1) is 0 Å². The average Bonchev–Trinajstić information content (AvgIpc) is 3.16. The maximum absolute atomic E-state index is 14.1. The third kappa shape index (κ3) is 3.58. The molecule has 26 heavy (non-hydrogen) atoms. The SMILES string of the molecule is O=C(CCN1CCC(c2ccccc2)C1)c1cc(F)c2c(c1)OCCO2. The first-order valence-corrected chi connectivity index (χ1v) is 9.10. The van der Waals surface area contributed by atoms with Crippen LogP contribution in [-0.2, 0) is 0 Å². The monoisotopic (exact) mass is 355 g/mol. The summed E-state index contributed by atoms with van der Waals surface area (Å²) in [4.78, 5) is 14.8. The summed E-state index contributed by atoms with van der Waals surface area (Å²) in [5, 5.41) is 0. The average molecular weight is 355 g/mol. The smallest absolute Gasteiger partial charge is 0.197 e. The molecule has 2 aromatic carbocycles. The topological polar surface area (TPSA) is 38.8 Å². The van der Waals surface area contributed by atoms with Crippen molar-refractivity contribution in [3.8, 4) is 11.5 Å². The predicted octanol–water partition coefficient (Wildman–Crippen LogP) is 3.66. The van der Waals surface area contributed by atoms with Crippen LogP contribution in [0.15, 0.2) is 42.5 Å². The molecule has 1 fully saturated rings. The van der Waals surface area contributed by atoms with Crippen molar-refractivity contribution in [1.82, 2.24) is 4.90 Å². The van der Waals surface area contributed by atoms with Gasteiger partial charge >= 0.3 is 0 Å². The molecular weight excluding hydrogens is 333 g/mol. The van der Waals surface area contributed by atoms with Gasteiger partial charge in [-0.3, -0.25) is 4.79 Å². The molecular formula is C21H22FNO3. The van der Waals surface area contributed by atoms with Crippen LogP contribution in [0.5, 0.6) is 11.5 Å². The summed E-state index contributed by atoms with van der Waals surface area (Å²) in [5.74, 6) is 0.362. The molecule has 136 valence electrons. The predicted molar refractivity (Wildman–Crippen MR) is 96.6 cm³/mol. The van der Waals surface area contributed by atoms with Crippen molar-refractivity contribution in [2.75, 3.05) is 32.8 Å². The lowest BCUT2D eigenvalue weighted by Gasteiger charge is -2.20. The van der Waals surface area contributed by atoms with Gasteiger partial charge in [0, 0.05) is 25.1 Å². The first-order chi connectivity index (χ1) is 12.7. The molecule has 1 unspecified atom stereocenters. The zero-order valence-electron chi connectivity index (χ0n) is 14.6. The molecule has 0 N–H and O–H groups in total. The van der Waals surface area contributed by atoms with Crippen LogP contribution in [0.1, 0.15) is 34.7 Å². The van der Waals surface area contributed by atoms with Gasteiger partial charge in [-0.2, -0.15) is 0 Å². The Bertz CT molecular complexity index is 793. The molecule has 2 aliphatic rings. The van der Waals surface area contributed by atoms with Crippen molar-refractivity contribution >= 4 is 5.78 Å². The molecule has 0 amide bonds. The molecule has 4 rings (SSSR count). The first kappa shape index (κ1) is 17.0. The van der Waals surface area contributed by atoms with Gasteiger partial charge in [0.05, 0.1) is 0 Å². The standard InChI is InChI=1S/C21H22FNO3/c22-18-12-17(13-20-21(18)26-11-10-25-20)19(24)7-9-23-8-6-16(14-23)15-4-2-1-3-5-15/h1-5,12-13,16H,6-11,14H2. The zero-order valence-corrected chi connectivity index (χ0v) is 14.6. The molecule has 0 aromatic heterocycles. The van der Waals surface area contributed by atoms with Gasteiger partial charge in [0.2, 0.25) is 0 Å². The highest BCUT2D eigenvalue weighted by Crippen LogP contribution is 2.34. The Kier molecular flexibility index (Phi) is 4.89. The lowest BCUT2D eigenvalue weighted by Crippen LogP contribution is -2.24. The number of Topliss-reactive ketones (excluding diaryl/α,β-unsaturated/α-hetero) is 1. The van der Waals surface area contributed by atoms with E-state index in [0.717, 1.165) is 19.5 Å². The molecule has 0 bridgehead atoms. The van der Waals surface area contributed by atoms with E-state index in [9.17, 15) is 9.18 Å². The van der Waals surface area contributed by atoms with Gasteiger partial charge in [0.25, 0.3) is 0 Å². The lowest BCUT2D eigenvalue weighted by atomic mass is 9.99. The van der Waals surface area contributed by atoms with Gasteiger partial charge in [-0.1, -0.05) is 30.3 Å². The van der Waals surface area contributed by atoms with Crippen molar-refractivity contribution in [2.24, 2.45) is 0 Å². The number of halogens is 1. The molecule has 4 nitrogen and oxygen atoms in total. The van der Waals surface area contributed by atoms with Crippen LogP contribution in [-0.4, -0.2) is 43.5 Å². The van der Waals surface area contributed by atoms with Crippen LogP contribution < -0.4 is 9.47 Å². The lowest BCUT2D eigenvalue weighted by molar-refractivity contribution is 0.0966. The van der Waals surface area contributed by atoms with Crippen LogP contribution in [0, 0.1) is 5.82 Å². The van der Waals surface area contributed by atoms with Crippen LogP contribution >= 0.6 is 0 Å². The third-order valence-electron chi connectivity index (χ3n) is 5.12. The Morgan fingerprint density at radius 3 is 2.81 bits per heavy atom. The largest absolute Gasteiger partial charge is 0.486 e. The summed E-state index contributed by atoms with van der Waals surface area (Å²) in [6, 6.07) is 13.3. The maximum atomic E-state index is 14.1. The summed E-state index contributed by atoms with van der Waals surface area (Å²) in [6.45, 7) is 3.35. The summed E-state index contributed by atoms with van der Waals surface area (Å²) < 4.78 is 24.8. The number of hydrogen-bond acceptors (Lipinski definition) is 4. The maximum Gasteiger partial charge on any atom is 0.197 e. The molecule has 2 aromatic rings. The van der Waals surface area contributed by atoms with Crippen LogP contribution in [0.3, 0.4) is 0 Å². The van der Waals surface area contributed by atoms with Crippen molar-refractivity contribution in [1.29, 1.82) is 0 Å². The van der Waals surface area contributed by atoms with Crippen molar-refractivity contribution in [2.45, 2.75) is 18.8 Å². The molecule has 1 atom stereocenters. The fourth-order valence-electron chi connectivity index (χ4n) is 3.71. The number of fused-ring (bicyclic) bond motifs is 1. The van der Waals surface area contributed by atoms with E-state index in [2.05, 4.69) is 29.2 Å². The summed E-state index contributed by atoms with van der Waals surface area (Å²) >= 11 is 0. The zero-order chi connectivity index (χ0) is 17.9. The number of carbonyl (C=O) groups is 1. The second-order valence-corrected chi connectivity index (χ2v) is 6.85. The molecule has 0 radical (unpaired) electrons. The van der Waals surface area contributed by atoms with E-state index < -0.39 is 5.82 Å². The van der Waals surface area contributed by atoms with Crippen LogP contribution in [0.2, 0.25) is 0 Å². The van der Waals surface area contributed by atoms with Crippen molar-refractivity contribution < 1.29 is 18.7 Å². The molecule has 2 aliphatic heterocycles. The van der Waals surface area contributed by atoms with Gasteiger partial charge in [-0.05, 0) is 36.6 Å². The summed E-state index contributed by atoms with van der Waals surface area (Å²) in [6.07, 6.45) is 1.48. The van der Waals surface area contributed by atoms with Crippen molar-refractivity contribution in [3.63, 3.8) is 0 Å². The van der Waals surface area contributed by atoms with Gasteiger partial charge in [0.1, 0.15) is 13.2 Å². The Morgan fingerprint density at radius 1 is 1.15 bits per heavy atom. The number of nitrogens with zero attached hydrogens (tertiary/aromatic N) is 1. The van der Waals surface area contributed by atoms with E-state index >= 15 is 0 Å². The van der Waals surface area contributed by atoms with Gasteiger partial charge < -0.3 is 14.4 Å². The molecule has 2 heterocycles. The third-order valence-corrected chi connectivity index (χ3v) is 5.12. The minimum atomic E-state index is -0.532. The van der Waals surface area contributed by atoms with E-state index in [1.807, 2.05) is 6.07 Å². The Morgan fingerprint density at radius 2 is 1.96 bits per heavy atom. The summed E-state index contributed by atoms with van der Waals surface area (Å²) in [7, 11) is 0. The van der Waals surface area contributed by atoms with E-state index in [1.165, 1.54) is 11.6 Å². The number of likely N-dealkylation sites (tertiary alicyclic amines) is 1. The van der Waals surface area contributed by atoms with E-state index in [-0.39, 0.29) is 11.5 Å². The Hall–Kier alpha value is -2.40. The molecule has 1 saturated heterocycles. The highest BCUT2D eigenvalue weighted by molar-refractivity contribution is 5.96. The Labute approximate surface area is 152 Å². The molecule has 5 heteroatoms. The number of carbonyl (C=O) groups excluding carboxylic acids is 1. The molecule has 0 aliphatic carbocycles. The second kappa shape index (κ2) is 7.46. The number of hydrogen-bond donors (Lipinski definition) is 0. The fraction of sp³-hybridized carbons (Fsp3) is 0.381. The van der Waals surface area contributed by atoms with Crippen molar-refractivity contribution in [3.05, 3.63) is 59.4 Å². The minimum Gasteiger partial charge on any atom is -0.486 e. The van der Waals surface area contributed by atoms with E-state index in [4.69, 9.17) is 9.47 Å². The minimum absolute atomic E-state index is 0.0657. The normalized spacial score (nSPS) is 19.5.